The molecular formula is C14H19F3N2OS. The summed E-state index contributed by atoms with van der Waals surface area (Å²) in [5.74, 6) is -0.216. The van der Waals surface area contributed by atoms with Crippen LogP contribution in [0, 0.1) is 5.92 Å². The molecule has 0 spiro atoms. The van der Waals surface area contributed by atoms with Gasteiger partial charge in [-0.1, -0.05) is 13.8 Å². The molecule has 0 fully saturated rings. The fourth-order valence-corrected chi connectivity index (χ4v) is 2.11. The maximum Gasteiger partial charge on any atom is 0.446 e. The molecule has 0 aromatic heterocycles. The fourth-order valence-electron chi connectivity index (χ4n) is 1.57. The molecule has 1 rings (SSSR count). The highest BCUT2D eigenvalue weighted by molar-refractivity contribution is 8.00. The van der Waals surface area contributed by atoms with Crippen LogP contribution in [0.5, 0.6) is 0 Å². The molecule has 0 radical (unpaired) electrons. The second-order valence-corrected chi connectivity index (χ2v) is 6.44. The van der Waals surface area contributed by atoms with Crippen LogP contribution in [0.2, 0.25) is 0 Å². The summed E-state index contributed by atoms with van der Waals surface area (Å²) in [7, 11) is 0. The number of nitrogens with one attached hydrogen (secondary N) is 1. The monoisotopic (exact) mass is 320 g/mol. The van der Waals surface area contributed by atoms with Gasteiger partial charge in [-0.05, 0) is 48.9 Å². The van der Waals surface area contributed by atoms with E-state index in [1.807, 2.05) is 20.8 Å². The Morgan fingerprint density at radius 3 is 2.19 bits per heavy atom. The van der Waals surface area contributed by atoms with Gasteiger partial charge in [0.15, 0.2) is 0 Å². The van der Waals surface area contributed by atoms with E-state index >= 15 is 0 Å². The average molecular weight is 320 g/mol. The third kappa shape index (κ3) is 5.24. The van der Waals surface area contributed by atoms with E-state index in [4.69, 9.17) is 5.73 Å². The topological polar surface area (TPSA) is 55.1 Å². The summed E-state index contributed by atoms with van der Waals surface area (Å²) >= 11 is -0.208. The van der Waals surface area contributed by atoms with Crippen molar-refractivity contribution in [2.75, 3.05) is 6.54 Å². The van der Waals surface area contributed by atoms with Crippen molar-refractivity contribution in [3.8, 4) is 0 Å². The lowest BCUT2D eigenvalue weighted by atomic mass is 9.88. The van der Waals surface area contributed by atoms with Crippen LogP contribution in [-0.2, 0) is 0 Å². The van der Waals surface area contributed by atoms with Crippen LogP contribution < -0.4 is 11.1 Å². The van der Waals surface area contributed by atoms with Gasteiger partial charge in [-0.3, -0.25) is 4.79 Å². The molecule has 7 heteroatoms. The van der Waals surface area contributed by atoms with Crippen molar-refractivity contribution in [1.82, 2.24) is 5.32 Å². The maximum atomic E-state index is 12.2. The van der Waals surface area contributed by atoms with Gasteiger partial charge in [0, 0.05) is 17.0 Å². The first kappa shape index (κ1) is 17.8. The maximum absolute atomic E-state index is 12.2. The Balaban J connectivity index is 2.80. The van der Waals surface area contributed by atoms with Crippen LogP contribution in [0.15, 0.2) is 29.2 Å². The number of hydrogen-bond acceptors (Lipinski definition) is 3. The number of alkyl halides is 3. The average Bonchev–Trinajstić information content (AvgIpc) is 2.37. The number of benzene rings is 1. The Morgan fingerprint density at radius 1 is 1.29 bits per heavy atom. The quantitative estimate of drug-likeness (QED) is 0.818. The first-order valence-electron chi connectivity index (χ1n) is 6.46. The molecule has 3 nitrogen and oxygen atoms in total. The van der Waals surface area contributed by atoms with Crippen LogP contribution in [0.4, 0.5) is 13.2 Å². The summed E-state index contributed by atoms with van der Waals surface area (Å²) in [4.78, 5) is 12.2. The minimum atomic E-state index is -4.33. The smallest absolute Gasteiger partial charge is 0.345 e. The van der Waals surface area contributed by atoms with Gasteiger partial charge < -0.3 is 11.1 Å². The van der Waals surface area contributed by atoms with Crippen molar-refractivity contribution >= 4 is 17.7 Å². The normalized spacial score (nSPS) is 14.9. The van der Waals surface area contributed by atoms with Gasteiger partial charge in [0.2, 0.25) is 0 Å². The van der Waals surface area contributed by atoms with E-state index in [1.54, 1.807) is 0 Å². The van der Waals surface area contributed by atoms with Gasteiger partial charge in [-0.2, -0.15) is 13.2 Å². The Hall–Kier alpha value is -1.21. The van der Waals surface area contributed by atoms with Crippen molar-refractivity contribution in [3.05, 3.63) is 29.8 Å². The van der Waals surface area contributed by atoms with Crippen LogP contribution >= 0.6 is 11.8 Å². The number of halogens is 3. The van der Waals surface area contributed by atoms with Gasteiger partial charge in [0.1, 0.15) is 0 Å². The molecule has 0 aliphatic carbocycles. The SMILES string of the molecule is CC(C)C(C)(CN)NC(=O)c1ccc(SC(F)(F)F)cc1. The van der Waals surface area contributed by atoms with Crippen LogP contribution in [0.25, 0.3) is 0 Å². The third-order valence-corrected chi connectivity index (χ3v) is 4.19. The fraction of sp³-hybridized carbons (Fsp3) is 0.500. The Labute approximate surface area is 126 Å². The van der Waals surface area contributed by atoms with Crippen molar-refractivity contribution in [2.24, 2.45) is 11.7 Å². The molecule has 118 valence electrons. The van der Waals surface area contributed by atoms with Gasteiger partial charge in [-0.25, -0.2) is 0 Å². The van der Waals surface area contributed by atoms with Crippen molar-refractivity contribution in [3.63, 3.8) is 0 Å². The first-order chi connectivity index (χ1) is 9.57. The molecule has 0 heterocycles. The van der Waals surface area contributed by atoms with Gasteiger partial charge in [-0.15, -0.1) is 0 Å². The summed E-state index contributed by atoms with van der Waals surface area (Å²) in [5.41, 5.74) is 1.10. The molecule has 21 heavy (non-hydrogen) atoms. The van der Waals surface area contributed by atoms with Crippen molar-refractivity contribution in [2.45, 2.75) is 36.7 Å². The molecule has 0 aliphatic rings. The minimum absolute atomic E-state index is 0.0458. The number of hydrogen-bond donors (Lipinski definition) is 2. The summed E-state index contributed by atoms with van der Waals surface area (Å²) in [5, 5.41) is 2.83. The number of rotatable bonds is 5. The Morgan fingerprint density at radius 2 is 1.81 bits per heavy atom. The van der Waals surface area contributed by atoms with E-state index in [-0.39, 0.29) is 35.0 Å². The summed E-state index contributed by atoms with van der Waals surface area (Å²) in [6, 6.07) is 5.31. The molecule has 1 atom stereocenters. The molecule has 1 aromatic rings. The molecule has 0 saturated carbocycles. The van der Waals surface area contributed by atoms with E-state index < -0.39 is 11.0 Å². The van der Waals surface area contributed by atoms with Crippen molar-refractivity contribution < 1.29 is 18.0 Å². The first-order valence-corrected chi connectivity index (χ1v) is 7.27. The lowest BCUT2D eigenvalue weighted by Gasteiger charge is -2.33. The van der Waals surface area contributed by atoms with Gasteiger partial charge in [0.05, 0.1) is 5.54 Å². The molecule has 1 amide bonds. The van der Waals surface area contributed by atoms with E-state index in [1.165, 1.54) is 24.3 Å². The Bertz CT molecular complexity index is 488. The van der Waals surface area contributed by atoms with Crippen LogP contribution in [-0.4, -0.2) is 23.5 Å². The molecule has 1 unspecified atom stereocenters. The second-order valence-electron chi connectivity index (χ2n) is 5.30. The zero-order chi connectivity index (χ0) is 16.3. The number of carbonyl (C=O) groups is 1. The van der Waals surface area contributed by atoms with E-state index in [0.717, 1.165) is 0 Å². The predicted molar refractivity (Wildman–Crippen MR) is 78.1 cm³/mol. The van der Waals surface area contributed by atoms with Gasteiger partial charge in [0.25, 0.3) is 5.91 Å². The highest BCUT2D eigenvalue weighted by atomic mass is 32.2. The lowest BCUT2D eigenvalue weighted by molar-refractivity contribution is -0.0328. The van der Waals surface area contributed by atoms with E-state index in [2.05, 4.69) is 5.32 Å². The number of carbonyl (C=O) groups excluding carboxylic acids is 1. The molecule has 0 bridgehead atoms. The number of thioether (sulfide) groups is 1. The number of amides is 1. The van der Waals surface area contributed by atoms with E-state index in [9.17, 15) is 18.0 Å². The largest absolute Gasteiger partial charge is 0.446 e. The standard InChI is InChI=1S/C14H19F3N2OS/c1-9(2)13(3,8-18)19-12(20)10-4-6-11(7-5-10)21-14(15,16)17/h4-7,9H,8,18H2,1-3H3,(H,19,20). The predicted octanol–water partition coefficient (Wildman–Crippen LogP) is 3.40. The summed E-state index contributed by atoms with van der Waals surface area (Å²) in [6.45, 7) is 5.99. The highest BCUT2D eigenvalue weighted by Crippen LogP contribution is 2.36. The molecule has 1 aromatic carbocycles. The molecule has 0 aliphatic heterocycles. The number of nitrogens with two attached hydrogens (primary N) is 1. The van der Waals surface area contributed by atoms with Crippen LogP contribution in [0.1, 0.15) is 31.1 Å². The highest BCUT2D eigenvalue weighted by Gasteiger charge is 2.30. The summed E-state index contributed by atoms with van der Waals surface area (Å²) < 4.78 is 36.7. The second kappa shape index (κ2) is 6.70. The molecule has 3 N–H and O–H groups in total. The van der Waals surface area contributed by atoms with Crippen LogP contribution in [0.3, 0.4) is 0 Å². The lowest BCUT2D eigenvalue weighted by Crippen LogP contribution is -2.55. The molecule has 0 saturated heterocycles. The zero-order valence-corrected chi connectivity index (χ0v) is 12.9. The Kier molecular flexibility index (Phi) is 5.69. The van der Waals surface area contributed by atoms with Gasteiger partial charge >= 0.3 is 5.51 Å². The molecular weight excluding hydrogens is 301 g/mol. The summed E-state index contributed by atoms with van der Waals surface area (Å²) in [6.07, 6.45) is 0. The van der Waals surface area contributed by atoms with E-state index in [0.29, 0.717) is 5.56 Å². The third-order valence-electron chi connectivity index (χ3n) is 3.45. The zero-order valence-electron chi connectivity index (χ0n) is 12.1. The minimum Gasteiger partial charge on any atom is -0.345 e. The van der Waals surface area contributed by atoms with Crippen molar-refractivity contribution in [1.29, 1.82) is 0 Å².